The summed E-state index contributed by atoms with van der Waals surface area (Å²) < 4.78 is 11.0. The van der Waals surface area contributed by atoms with E-state index in [-0.39, 0.29) is 36.8 Å². The predicted molar refractivity (Wildman–Crippen MR) is 212 cm³/mol. The second-order valence-electron chi connectivity index (χ2n) is 13.3. The Bertz CT molecular complexity index is 1990. The van der Waals surface area contributed by atoms with Crippen molar-refractivity contribution in [1.29, 1.82) is 0 Å². The highest BCUT2D eigenvalue weighted by Gasteiger charge is 2.34. The van der Waals surface area contributed by atoms with Crippen molar-refractivity contribution in [1.82, 2.24) is 14.9 Å². The molecular weight excluding hydrogens is 685 g/mol. The molecule has 3 aromatic carbocycles. The minimum Gasteiger partial charge on any atom is -0.497 e. The number of ketones is 1. The van der Waals surface area contributed by atoms with Gasteiger partial charge in [-0.2, -0.15) is 4.98 Å². The minimum atomic E-state index is -0.344. The van der Waals surface area contributed by atoms with Crippen molar-refractivity contribution in [2.45, 2.75) is 46.2 Å². The van der Waals surface area contributed by atoms with E-state index in [1.165, 1.54) is 6.08 Å². The van der Waals surface area contributed by atoms with Crippen LogP contribution in [-0.2, 0) is 29.1 Å². The summed E-state index contributed by atoms with van der Waals surface area (Å²) in [4.78, 5) is 56.9. The molecule has 0 aliphatic carbocycles. The predicted octanol–water partition coefficient (Wildman–Crippen LogP) is 6.56. The second-order valence-corrected chi connectivity index (χ2v) is 13.3. The van der Waals surface area contributed by atoms with Crippen LogP contribution >= 0.6 is 0 Å². The maximum Gasteiger partial charge on any atom is 0.330 e. The Morgan fingerprint density at radius 1 is 0.907 bits per heavy atom. The fourth-order valence-electron chi connectivity index (χ4n) is 6.73. The summed E-state index contributed by atoms with van der Waals surface area (Å²) in [5.74, 6) is 1.57. The first kappa shape index (κ1) is 37.8. The summed E-state index contributed by atoms with van der Waals surface area (Å²) in [6.45, 7) is 12.9. The van der Waals surface area contributed by atoms with Gasteiger partial charge in [0.2, 0.25) is 11.9 Å². The zero-order valence-electron chi connectivity index (χ0n) is 31.4. The Balaban J connectivity index is 1.34. The molecule has 0 spiro atoms. The average molecular weight is 733 g/mol. The number of amides is 3. The van der Waals surface area contributed by atoms with E-state index >= 15 is 0 Å². The van der Waals surface area contributed by atoms with Gasteiger partial charge in [0.15, 0.2) is 0 Å². The second kappa shape index (κ2) is 17.3. The largest absolute Gasteiger partial charge is 0.497 e. The number of piperazine rings is 1. The number of carbonyl (C=O) groups excluding carboxylic acids is 3. The number of hydrogen-bond donors (Lipinski definition) is 2. The number of hydrogen-bond acceptors (Lipinski definition) is 10. The lowest BCUT2D eigenvalue weighted by Gasteiger charge is -2.36. The molecular formula is C41H48N8O5. The summed E-state index contributed by atoms with van der Waals surface area (Å²) in [5.41, 5.74) is 5.17. The van der Waals surface area contributed by atoms with Crippen LogP contribution in [0.1, 0.15) is 43.4 Å². The van der Waals surface area contributed by atoms with Crippen LogP contribution in [-0.4, -0.2) is 79.5 Å². The number of ether oxygens (including phenoxy) is 2. The summed E-state index contributed by atoms with van der Waals surface area (Å²) >= 11 is 0. The molecule has 3 amide bonds. The van der Waals surface area contributed by atoms with E-state index in [4.69, 9.17) is 14.5 Å². The van der Waals surface area contributed by atoms with Gasteiger partial charge in [0, 0.05) is 74.7 Å². The fraction of sp³-hybridized carbons (Fsp3) is 0.341. The molecule has 1 fully saturated rings. The number of Topliss-reactive ketones (excluding diaryl/α,β-unsaturated/α-hetero) is 1. The Labute approximate surface area is 316 Å². The van der Waals surface area contributed by atoms with Crippen molar-refractivity contribution in [2.75, 3.05) is 72.3 Å². The van der Waals surface area contributed by atoms with Crippen LogP contribution in [0.25, 0.3) is 0 Å². The third-order valence-electron chi connectivity index (χ3n) is 9.63. The highest BCUT2D eigenvalue weighted by Crippen LogP contribution is 2.37. The first-order valence-electron chi connectivity index (χ1n) is 18.3. The first-order valence-corrected chi connectivity index (χ1v) is 18.3. The molecule has 0 bridgehead atoms. The van der Waals surface area contributed by atoms with Gasteiger partial charge in [-0.1, -0.05) is 44.7 Å². The number of methoxy groups -OCH3 is 2. The summed E-state index contributed by atoms with van der Waals surface area (Å²) in [6.07, 6.45) is 4.83. The lowest BCUT2D eigenvalue weighted by atomic mass is 10.0. The van der Waals surface area contributed by atoms with Crippen LogP contribution in [0.3, 0.4) is 0 Å². The molecule has 1 saturated heterocycles. The maximum atomic E-state index is 14.5. The van der Waals surface area contributed by atoms with Crippen LogP contribution in [0.2, 0.25) is 0 Å². The quantitative estimate of drug-likeness (QED) is 0.130. The molecule has 2 N–H and O–H groups in total. The molecule has 1 aromatic heterocycles. The minimum absolute atomic E-state index is 0.138. The number of aromatic nitrogens is 2. The summed E-state index contributed by atoms with van der Waals surface area (Å²) in [6, 6.07) is 18.6. The van der Waals surface area contributed by atoms with E-state index in [0.717, 1.165) is 61.5 Å². The lowest BCUT2D eigenvalue weighted by molar-refractivity contribution is -0.118. The smallest absolute Gasteiger partial charge is 0.330 e. The van der Waals surface area contributed by atoms with E-state index in [1.54, 1.807) is 48.4 Å². The molecule has 2 aliphatic heterocycles. The summed E-state index contributed by atoms with van der Waals surface area (Å²) in [7, 11) is 3.13. The van der Waals surface area contributed by atoms with E-state index in [1.807, 2.05) is 49.4 Å². The first-order chi connectivity index (χ1) is 26.2. The normalized spacial score (nSPS) is 14.4. The molecule has 0 unspecified atom stereocenters. The number of fused-ring (bicyclic) bond motifs is 1. The maximum absolute atomic E-state index is 14.5. The molecule has 0 atom stereocenters. The Morgan fingerprint density at radius 3 is 2.33 bits per heavy atom. The Morgan fingerprint density at radius 2 is 1.65 bits per heavy atom. The molecule has 2 aliphatic rings. The molecule has 282 valence electrons. The Kier molecular flexibility index (Phi) is 12.1. The van der Waals surface area contributed by atoms with Gasteiger partial charge >= 0.3 is 6.03 Å². The van der Waals surface area contributed by atoms with Gasteiger partial charge in [-0.05, 0) is 48.4 Å². The van der Waals surface area contributed by atoms with Crippen LogP contribution in [0, 0.1) is 0 Å². The molecule has 0 radical (unpaired) electrons. The van der Waals surface area contributed by atoms with Gasteiger partial charge in [-0.3, -0.25) is 24.3 Å². The molecule has 4 aromatic rings. The highest BCUT2D eigenvalue weighted by atomic mass is 16.5. The number of nitrogens with one attached hydrogen (secondary N) is 2. The van der Waals surface area contributed by atoms with Crippen molar-refractivity contribution in [3.63, 3.8) is 0 Å². The molecule has 13 heteroatoms. The van der Waals surface area contributed by atoms with E-state index in [2.05, 4.69) is 38.9 Å². The number of urea groups is 1. The lowest BCUT2D eigenvalue weighted by Crippen LogP contribution is -2.47. The molecule has 6 rings (SSSR count). The SMILES string of the molecule is C=CC(=O)Nc1cc(N2CCN(CCC)CC2)ccc1Nc1ncc2c(n1)N(Cc1cccc(CC(=O)CC)c1)C(=O)N(c1cc(OC)cc(OC)c1)C2. The third kappa shape index (κ3) is 8.80. The molecule has 54 heavy (non-hydrogen) atoms. The van der Waals surface area contributed by atoms with Crippen LogP contribution < -0.4 is 34.8 Å². The number of anilines is 6. The van der Waals surface area contributed by atoms with E-state index < -0.39 is 0 Å². The van der Waals surface area contributed by atoms with Crippen molar-refractivity contribution in [2.24, 2.45) is 0 Å². The van der Waals surface area contributed by atoms with Crippen LogP contribution in [0.4, 0.5) is 39.3 Å². The summed E-state index contributed by atoms with van der Waals surface area (Å²) in [5, 5.41) is 6.23. The van der Waals surface area contributed by atoms with Crippen LogP contribution in [0.5, 0.6) is 11.5 Å². The topological polar surface area (TPSA) is 132 Å². The van der Waals surface area contributed by atoms with Gasteiger partial charge in [0.1, 0.15) is 23.1 Å². The van der Waals surface area contributed by atoms with Crippen molar-refractivity contribution >= 4 is 52.2 Å². The van der Waals surface area contributed by atoms with Gasteiger partial charge in [0.05, 0.1) is 44.4 Å². The van der Waals surface area contributed by atoms with Crippen molar-refractivity contribution in [3.8, 4) is 11.5 Å². The molecule has 13 nitrogen and oxygen atoms in total. The van der Waals surface area contributed by atoms with E-state index in [0.29, 0.717) is 47.2 Å². The number of rotatable bonds is 15. The van der Waals surface area contributed by atoms with Gasteiger partial charge < -0.3 is 25.0 Å². The van der Waals surface area contributed by atoms with Crippen LogP contribution in [0.15, 0.2) is 79.5 Å². The highest BCUT2D eigenvalue weighted by molar-refractivity contribution is 6.06. The van der Waals surface area contributed by atoms with Crippen molar-refractivity contribution in [3.05, 3.63) is 96.2 Å². The fourth-order valence-corrected chi connectivity index (χ4v) is 6.73. The van der Waals surface area contributed by atoms with Crippen molar-refractivity contribution < 1.29 is 23.9 Å². The molecule has 3 heterocycles. The third-order valence-corrected chi connectivity index (χ3v) is 9.63. The standard InChI is InChI=1S/C41H48N8O5/c1-6-14-46-15-17-47(18-16-46)31-12-13-36(37(23-31)43-38(51)8-3)44-40-42-25-30-27-48(32-21-34(53-4)24-35(22-32)54-5)41(52)49(39(30)45-40)26-29-11-9-10-28(19-29)20-33(50)7-2/h8-13,19,21-25H,3,6-7,14-18,20,26-27H2,1-2,4-5H3,(H,43,51)(H,42,44,45). The number of benzene rings is 3. The Hall–Kier alpha value is -5.95. The van der Waals surface area contributed by atoms with Gasteiger partial charge in [-0.15, -0.1) is 0 Å². The zero-order chi connectivity index (χ0) is 38.2. The number of nitrogens with zero attached hydrogens (tertiary/aromatic N) is 6. The molecule has 0 saturated carbocycles. The van der Waals surface area contributed by atoms with Gasteiger partial charge in [-0.25, -0.2) is 9.78 Å². The number of carbonyl (C=O) groups is 3. The van der Waals surface area contributed by atoms with Gasteiger partial charge in [0.25, 0.3) is 0 Å². The van der Waals surface area contributed by atoms with E-state index in [9.17, 15) is 14.4 Å². The monoisotopic (exact) mass is 732 g/mol. The zero-order valence-corrected chi connectivity index (χ0v) is 31.4. The average Bonchev–Trinajstić information content (AvgIpc) is 3.19.